The van der Waals surface area contributed by atoms with Gasteiger partial charge in [0.2, 0.25) is 5.91 Å². The largest absolute Gasteiger partial charge is 0.396 e. The van der Waals surface area contributed by atoms with E-state index in [0.29, 0.717) is 19.4 Å². The van der Waals surface area contributed by atoms with Crippen LogP contribution < -0.4 is 10.6 Å². The van der Waals surface area contributed by atoms with Gasteiger partial charge in [0, 0.05) is 13.2 Å². The topological polar surface area (TPSA) is 78.4 Å². The zero-order chi connectivity index (χ0) is 8.97. The molecule has 1 fully saturated rings. The van der Waals surface area contributed by atoms with Gasteiger partial charge >= 0.3 is 6.03 Å². The number of rotatable bonds is 3. The third-order valence-electron chi connectivity index (χ3n) is 1.83. The highest BCUT2D eigenvalue weighted by Crippen LogP contribution is 2.07. The second-order valence-electron chi connectivity index (χ2n) is 2.76. The number of hydrogen-bond donors (Lipinski definition) is 3. The van der Waals surface area contributed by atoms with Gasteiger partial charge in [-0.15, -0.1) is 0 Å². The van der Waals surface area contributed by atoms with Gasteiger partial charge in [0.15, 0.2) is 0 Å². The minimum atomic E-state index is -0.430. The molecular weight excluding hydrogens is 160 g/mol. The summed E-state index contributed by atoms with van der Waals surface area (Å²) in [7, 11) is 0. The van der Waals surface area contributed by atoms with Crippen molar-refractivity contribution >= 4 is 11.9 Å². The number of aliphatic hydroxyl groups is 1. The Labute approximate surface area is 70.1 Å². The molecule has 12 heavy (non-hydrogen) atoms. The normalized spacial score (nSPS) is 23.2. The number of imide groups is 1. The molecule has 68 valence electrons. The summed E-state index contributed by atoms with van der Waals surface area (Å²) < 4.78 is 0. The number of amides is 3. The van der Waals surface area contributed by atoms with Crippen molar-refractivity contribution in [3.63, 3.8) is 0 Å². The lowest BCUT2D eigenvalue weighted by Crippen LogP contribution is -2.52. The first kappa shape index (κ1) is 8.99. The number of carbonyl (C=O) groups is 2. The fraction of sp³-hybridized carbons (Fsp3) is 0.714. The molecule has 3 N–H and O–H groups in total. The van der Waals surface area contributed by atoms with Crippen LogP contribution in [0.5, 0.6) is 0 Å². The van der Waals surface area contributed by atoms with Gasteiger partial charge in [-0.05, 0) is 12.8 Å². The van der Waals surface area contributed by atoms with Crippen molar-refractivity contribution in [2.24, 2.45) is 5.92 Å². The Bertz CT molecular complexity index is 193. The van der Waals surface area contributed by atoms with Crippen molar-refractivity contribution < 1.29 is 14.7 Å². The number of hydrogen-bond acceptors (Lipinski definition) is 3. The molecule has 1 heterocycles. The van der Waals surface area contributed by atoms with Gasteiger partial charge in [0.25, 0.3) is 0 Å². The van der Waals surface area contributed by atoms with Crippen molar-refractivity contribution in [3.8, 4) is 0 Å². The highest BCUT2D eigenvalue weighted by atomic mass is 16.3. The average molecular weight is 172 g/mol. The summed E-state index contributed by atoms with van der Waals surface area (Å²) >= 11 is 0. The Kier molecular flexibility index (Phi) is 3.04. The van der Waals surface area contributed by atoms with Crippen molar-refractivity contribution in [3.05, 3.63) is 0 Å². The van der Waals surface area contributed by atoms with Gasteiger partial charge in [0.1, 0.15) is 0 Å². The van der Waals surface area contributed by atoms with Crippen molar-refractivity contribution in [1.82, 2.24) is 10.6 Å². The molecule has 0 aromatic heterocycles. The third kappa shape index (κ3) is 2.20. The van der Waals surface area contributed by atoms with Crippen LogP contribution >= 0.6 is 0 Å². The van der Waals surface area contributed by atoms with E-state index in [9.17, 15) is 9.59 Å². The smallest absolute Gasteiger partial charge is 0.321 e. The van der Waals surface area contributed by atoms with E-state index in [4.69, 9.17) is 5.11 Å². The van der Waals surface area contributed by atoms with E-state index in [2.05, 4.69) is 10.6 Å². The second-order valence-corrected chi connectivity index (χ2v) is 2.76. The average Bonchev–Trinajstić information content (AvgIpc) is 2.03. The minimum Gasteiger partial charge on any atom is -0.396 e. The molecule has 5 nitrogen and oxygen atoms in total. The number of aliphatic hydroxyl groups excluding tert-OH is 1. The maximum Gasteiger partial charge on any atom is 0.321 e. The lowest BCUT2D eigenvalue weighted by atomic mass is 10.0. The molecule has 0 aliphatic carbocycles. The summed E-state index contributed by atoms with van der Waals surface area (Å²) in [5.41, 5.74) is 0. The van der Waals surface area contributed by atoms with E-state index in [1.54, 1.807) is 0 Å². The van der Waals surface area contributed by atoms with E-state index in [-0.39, 0.29) is 18.4 Å². The monoisotopic (exact) mass is 172 g/mol. The Morgan fingerprint density at radius 3 is 2.83 bits per heavy atom. The molecule has 0 aromatic carbocycles. The first-order valence-electron chi connectivity index (χ1n) is 3.93. The molecule has 1 atom stereocenters. The van der Waals surface area contributed by atoms with Crippen LogP contribution in [0.15, 0.2) is 0 Å². The Morgan fingerprint density at radius 1 is 1.50 bits per heavy atom. The molecule has 1 rings (SSSR count). The zero-order valence-electron chi connectivity index (χ0n) is 6.67. The summed E-state index contributed by atoms with van der Waals surface area (Å²) in [6.07, 6.45) is 1.20. The second kappa shape index (κ2) is 4.06. The highest BCUT2D eigenvalue weighted by molar-refractivity contribution is 5.97. The van der Waals surface area contributed by atoms with Crippen molar-refractivity contribution in [2.45, 2.75) is 12.8 Å². The number of urea groups is 1. The zero-order valence-corrected chi connectivity index (χ0v) is 6.67. The molecule has 0 saturated carbocycles. The lowest BCUT2D eigenvalue weighted by molar-refractivity contribution is -0.124. The van der Waals surface area contributed by atoms with Gasteiger partial charge in [-0.2, -0.15) is 0 Å². The summed E-state index contributed by atoms with van der Waals surface area (Å²) in [5.74, 6) is -0.429. The SMILES string of the molecule is O=C1NCC(CCCO)C(=O)N1. The van der Waals surface area contributed by atoms with Gasteiger partial charge in [0.05, 0.1) is 5.92 Å². The van der Waals surface area contributed by atoms with Crippen LogP contribution in [0.25, 0.3) is 0 Å². The number of carbonyl (C=O) groups excluding carboxylic acids is 2. The van der Waals surface area contributed by atoms with Gasteiger partial charge < -0.3 is 10.4 Å². The minimum absolute atomic E-state index is 0.0811. The van der Waals surface area contributed by atoms with E-state index in [1.165, 1.54) is 0 Å². The lowest BCUT2D eigenvalue weighted by Gasteiger charge is -2.21. The Hall–Kier alpha value is -1.10. The molecule has 5 heteroatoms. The third-order valence-corrected chi connectivity index (χ3v) is 1.83. The standard InChI is InChI=1S/C7H12N2O3/c10-3-1-2-5-4-8-7(12)9-6(5)11/h5,10H,1-4H2,(H2,8,9,11,12). The van der Waals surface area contributed by atoms with Crippen LogP contribution in [0.3, 0.4) is 0 Å². The Morgan fingerprint density at radius 2 is 2.25 bits per heavy atom. The summed E-state index contributed by atoms with van der Waals surface area (Å²) in [4.78, 5) is 21.7. The molecule has 0 aromatic rings. The Balaban J connectivity index is 2.35. The summed E-state index contributed by atoms with van der Waals surface area (Å²) in [6, 6.07) is -0.430. The first-order chi connectivity index (χ1) is 5.74. The maximum atomic E-state index is 11.1. The van der Waals surface area contributed by atoms with Crippen LogP contribution in [0.4, 0.5) is 4.79 Å². The van der Waals surface area contributed by atoms with Crippen LogP contribution in [-0.4, -0.2) is 30.2 Å². The quantitative estimate of drug-likeness (QED) is 0.522. The van der Waals surface area contributed by atoms with E-state index in [0.717, 1.165) is 0 Å². The maximum absolute atomic E-state index is 11.1. The highest BCUT2D eigenvalue weighted by Gasteiger charge is 2.24. The molecule has 0 spiro atoms. The van der Waals surface area contributed by atoms with E-state index >= 15 is 0 Å². The molecule has 0 radical (unpaired) electrons. The molecule has 0 bridgehead atoms. The van der Waals surface area contributed by atoms with Crippen molar-refractivity contribution in [2.75, 3.05) is 13.2 Å². The van der Waals surface area contributed by atoms with Gasteiger partial charge in [-0.25, -0.2) is 4.79 Å². The molecule has 1 aliphatic heterocycles. The van der Waals surface area contributed by atoms with Crippen LogP contribution in [0.1, 0.15) is 12.8 Å². The molecular formula is C7H12N2O3. The fourth-order valence-electron chi connectivity index (χ4n) is 1.14. The van der Waals surface area contributed by atoms with Gasteiger partial charge in [-0.1, -0.05) is 0 Å². The predicted octanol–water partition coefficient (Wildman–Crippen LogP) is -0.786. The molecule has 1 saturated heterocycles. The predicted molar refractivity (Wildman–Crippen MR) is 41.4 cm³/mol. The van der Waals surface area contributed by atoms with E-state index < -0.39 is 6.03 Å². The van der Waals surface area contributed by atoms with Crippen LogP contribution in [0.2, 0.25) is 0 Å². The van der Waals surface area contributed by atoms with Crippen LogP contribution in [0, 0.1) is 5.92 Å². The molecule has 1 aliphatic rings. The summed E-state index contributed by atoms with van der Waals surface area (Å²) in [6.45, 7) is 0.461. The van der Waals surface area contributed by atoms with Crippen LogP contribution in [-0.2, 0) is 4.79 Å². The first-order valence-corrected chi connectivity index (χ1v) is 3.93. The van der Waals surface area contributed by atoms with Crippen molar-refractivity contribution in [1.29, 1.82) is 0 Å². The van der Waals surface area contributed by atoms with E-state index in [1.807, 2.05) is 0 Å². The fourth-order valence-corrected chi connectivity index (χ4v) is 1.14. The molecule has 3 amide bonds. The molecule has 1 unspecified atom stereocenters. The number of nitrogens with one attached hydrogen (secondary N) is 2. The van der Waals surface area contributed by atoms with Gasteiger partial charge in [-0.3, -0.25) is 10.1 Å². The summed E-state index contributed by atoms with van der Waals surface area (Å²) in [5, 5.41) is 13.2.